The van der Waals surface area contributed by atoms with Crippen molar-refractivity contribution in [2.45, 2.75) is 32.2 Å². The molecule has 1 aromatic rings. The van der Waals surface area contributed by atoms with E-state index in [4.69, 9.17) is 28.9 Å². The Morgan fingerprint density at radius 3 is 2.47 bits per heavy atom. The predicted molar refractivity (Wildman–Crippen MR) is 74.2 cm³/mol. The molecule has 0 aromatic carbocycles. The van der Waals surface area contributed by atoms with Gasteiger partial charge in [-0.3, -0.25) is 4.79 Å². The van der Waals surface area contributed by atoms with E-state index in [2.05, 4.69) is 5.32 Å². The molecule has 0 aliphatic heterocycles. The Labute approximate surface area is 115 Å². The van der Waals surface area contributed by atoms with Gasteiger partial charge in [0, 0.05) is 12.1 Å². The van der Waals surface area contributed by atoms with Crippen LogP contribution in [0.3, 0.4) is 0 Å². The Morgan fingerprint density at radius 2 is 2.06 bits per heavy atom. The molecule has 0 fully saturated rings. The van der Waals surface area contributed by atoms with E-state index in [1.54, 1.807) is 6.07 Å². The van der Waals surface area contributed by atoms with Crippen LogP contribution in [0.15, 0.2) is 6.07 Å². The zero-order valence-corrected chi connectivity index (χ0v) is 12.2. The summed E-state index contributed by atoms with van der Waals surface area (Å²) in [6.45, 7) is 4.44. The predicted octanol–water partition coefficient (Wildman–Crippen LogP) is 3.30. The lowest BCUT2D eigenvalue weighted by atomic mass is 9.94. The molecule has 0 aliphatic rings. The minimum Gasteiger partial charge on any atom is -0.350 e. The molecule has 0 spiro atoms. The van der Waals surface area contributed by atoms with E-state index in [0.717, 1.165) is 12.8 Å². The number of hydrogen-bond acceptors (Lipinski definition) is 3. The van der Waals surface area contributed by atoms with Gasteiger partial charge < -0.3 is 11.1 Å². The van der Waals surface area contributed by atoms with E-state index in [1.165, 1.54) is 11.3 Å². The van der Waals surface area contributed by atoms with Gasteiger partial charge in [-0.1, -0.05) is 37.0 Å². The topological polar surface area (TPSA) is 55.1 Å². The van der Waals surface area contributed by atoms with Gasteiger partial charge in [-0.25, -0.2) is 0 Å². The van der Waals surface area contributed by atoms with Crippen LogP contribution in [-0.4, -0.2) is 18.0 Å². The van der Waals surface area contributed by atoms with Gasteiger partial charge in [-0.05, 0) is 18.9 Å². The molecule has 1 heterocycles. The molecule has 0 bridgehead atoms. The van der Waals surface area contributed by atoms with Crippen molar-refractivity contribution in [3.63, 3.8) is 0 Å². The minimum atomic E-state index is -0.359. The van der Waals surface area contributed by atoms with Gasteiger partial charge in [-0.2, -0.15) is 0 Å². The Bertz CT molecular complexity index is 402. The number of carbonyl (C=O) groups excluding carboxylic acids is 1. The minimum absolute atomic E-state index is 0.227. The molecular weight excluding hydrogens is 279 g/mol. The zero-order chi connectivity index (χ0) is 13.1. The van der Waals surface area contributed by atoms with Gasteiger partial charge in [0.25, 0.3) is 5.91 Å². The number of halogens is 2. The summed E-state index contributed by atoms with van der Waals surface area (Å²) >= 11 is 12.9. The first kappa shape index (κ1) is 14.8. The van der Waals surface area contributed by atoms with Crippen LogP contribution in [0.2, 0.25) is 8.67 Å². The molecule has 0 saturated carbocycles. The highest BCUT2D eigenvalue weighted by molar-refractivity contribution is 7.20. The first-order valence-electron chi connectivity index (χ1n) is 5.43. The smallest absolute Gasteiger partial charge is 0.253 e. The van der Waals surface area contributed by atoms with Gasteiger partial charge in [-0.15, -0.1) is 11.3 Å². The Morgan fingerprint density at radius 1 is 1.47 bits per heavy atom. The number of thiophene rings is 1. The molecule has 1 amide bonds. The molecule has 0 unspecified atom stereocenters. The maximum atomic E-state index is 11.9. The van der Waals surface area contributed by atoms with Crippen molar-refractivity contribution < 1.29 is 4.79 Å². The lowest BCUT2D eigenvalue weighted by Gasteiger charge is -2.26. The second kappa shape index (κ2) is 6.05. The van der Waals surface area contributed by atoms with Gasteiger partial charge in [0.2, 0.25) is 0 Å². The standard InChI is InChI=1S/C11H16Cl2N2OS/c1-3-11(14,4-2)6-15-10(16)7-5-8(12)17-9(7)13/h5H,3-4,6,14H2,1-2H3,(H,15,16). The van der Waals surface area contributed by atoms with Crippen molar-refractivity contribution in [2.75, 3.05) is 6.54 Å². The summed E-state index contributed by atoms with van der Waals surface area (Å²) < 4.78 is 0.910. The molecule has 1 aromatic heterocycles. The largest absolute Gasteiger partial charge is 0.350 e. The van der Waals surface area contributed by atoms with Crippen molar-refractivity contribution in [3.8, 4) is 0 Å². The van der Waals surface area contributed by atoms with E-state index in [-0.39, 0.29) is 11.4 Å². The maximum absolute atomic E-state index is 11.9. The summed E-state index contributed by atoms with van der Waals surface area (Å²) in [5, 5.41) is 2.80. The third-order valence-corrected chi connectivity index (χ3v) is 4.40. The highest BCUT2D eigenvalue weighted by atomic mass is 35.5. The number of carbonyl (C=O) groups is 1. The normalized spacial score (nSPS) is 11.6. The monoisotopic (exact) mass is 294 g/mol. The zero-order valence-electron chi connectivity index (χ0n) is 9.85. The molecule has 1 rings (SSSR count). The molecule has 3 N–H and O–H groups in total. The molecule has 0 saturated heterocycles. The second-order valence-electron chi connectivity index (χ2n) is 3.99. The lowest BCUT2D eigenvalue weighted by Crippen LogP contribution is -2.49. The van der Waals surface area contributed by atoms with Gasteiger partial charge in [0.05, 0.1) is 9.90 Å². The molecule has 17 heavy (non-hydrogen) atoms. The molecule has 3 nitrogen and oxygen atoms in total. The van der Waals surface area contributed by atoms with E-state index in [1.807, 2.05) is 13.8 Å². The Kier molecular flexibility index (Phi) is 5.25. The average Bonchev–Trinajstić information content (AvgIpc) is 2.65. The van der Waals surface area contributed by atoms with E-state index >= 15 is 0 Å². The van der Waals surface area contributed by atoms with Gasteiger partial charge in [0.15, 0.2) is 0 Å². The fraction of sp³-hybridized carbons (Fsp3) is 0.545. The van der Waals surface area contributed by atoms with E-state index < -0.39 is 0 Å². The maximum Gasteiger partial charge on any atom is 0.253 e. The first-order chi connectivity index (χ1) is 7.91. The van der Waals surface area contributed by atoms with Crippen molar-refractivity contribution in [3.05, 3.63) is 20.3 Å². The number of amides is 1. The summed E-state index contributed by atoms with van der Waals surface area (Å²) in [5.41, 5.74) is 6.15. The molecule has 0 atom stereocenters. The van der Waals surface area contributed by atoms with Crippen molar-refractivity contribution in [1.29, 1.82) is 0 Å². The third-order valence-electron chi connectivity index (χ3n) is 2.91. The number of nitrogens with two attached hydrogens (primary N) is 1. The average molecular weight is 295 g/mol. The Hall–Kier alpha value is -0.290. The van der Waals surface area contributed by atoms with Crippen LogP contribution in [-0.2, 0) is 0 Å². The van der Waals surface area contributed by atoms with Crippen molar-refractivity contribution in [1.82, 2.24) is 5.32 Å². The molecule has 0 radical (unpaired) electrons. The molecule has 6 heteroatoms. The summed E-state index contributed by atoms with van der Waals surface area (Å²) in [6.07, 6.45) is 1.61. The fourth-order valence-corrected chi connectivity index (χ4v) is 2.80. The van der Waals surface area contributed by atoms with Gasteiger partial charge >= 0.3 is 0 Å². The highest BCUT2D eigenvalue weighted by Crippen LogP contribution is 2.31. The first-order valence-corrected chi connectivity index (χ1v) is 7.01. The summed E-state index contributed by atoms with van der Waals surface area (Å²) in [5.74, 6) is -0.227. The van der Waals surface area contributed by atoms with Crippen LogP contribution < -0.4 is 11.1 Å². The molecule has 0 aliphatic carbocycles. The number of hydrogen-bond donors (Lipinski definition) is 2. The highest BCUT2D eigenvalue weighted by Gasteiger charge is 2.22. The number of nitrogens with one attached hydrogen (secondary N) is 1. The van der Waals surface area contributed by atoms with Crippen LogP contribution in [0.4, 0.5) is 0 Å². The molecule has 96 valence electrons. The van der Waals surface area contributed by atoms with Crippen LogP contribution >= 0.6 is 34.5 Å². The third kappa shape index (κ3) is 3.85. The van der Waals surface area contributed by atoms with Crippen molar-refractivity contribution in [2.24, 2.45) is 5.73 Å². The fourth-order valence-electron chi connectivity index (χ4n) is 1.35. The molecular formula is C11H16Cl2N2OS. The van der Waals surface area contributed by atoms with E-state index in [9.17, 15) is 4.79 Å². The van der Waals surface area contributed by atoms with Crippen LogP contribution in [0.5, 0.6) is 0 Å². The van der Waals surface area contributed by atoms with Gasteiger partial charge in [0.1, 0.15) is 4.34 Å². The summed E-state index contributed by atoms with van der Waals surface area (Å²) in [6, 6.07) is 1.57. The van der Waals surface area contributed by atoms with Crippen molar-refractivity contribution >= 4 is 40.4 Å². The Balaban J connectivity index is 2.65. The quantitative estimate of drug-likeness (QED) is 0.875. The summed E-state index contributed by atoms with van der Waals surface area (Å²) in [4.78, 5) is 11.9. The van der Waals surface area contributed by atoms with Crippen LogP contribution in [0.1, 0.15) is 37.0 Å². The second-order valence-corrected chi connectivity index (χ2v) is 6.28. The van der Waals surface area contributed by atoms with Crippen LogP contribution in [0.25, 0.3) is 0 Å². The van der Waals surface area contributed by atoms with E-state index in [0.29, 0.717) is 20.8 Å². The lowest BCUT2D eigenvalue weighted by molar-refractivity contribution is 0.0943. The van der Waals surface area contributed by atoms with Crippen LogP contribution in [0, 0.1) is 0 Å². The number of rotatable bonds is 5. The SMILES string of the molecule is CCC(N)(CC)CNC(=O)c1cc(Cl)sc1Cl. The summed E-state index contributed by atoms with van der Waals surface area (Å²) in [7, 11) is 0.